The molecular weight excluding hydrogens is 598 g/mol. The molecule has 228 valence electrons. The van der Waals surface area contributed by atoms with E-state index < -0.39 is 16.9 Å². The Morgan fingerprint density at radius 1 is 1.09 bits per heavy atom. The van der Waals surface area contributed by atoms with E-state index in [-0.39, 0.29) is 29.2 Å². The molecule has 0 radical (unpaired) electrons. The van der Waals surface area contributed by atoms with Crippen molar-refractivity contribution in [1.82, 2.24) is 4.57 Å². The lowest BCUT2D eigenvalue weighted by Crippen LogP contribution is -2.40. The molecule has 0 spiro atoms. The Morgan fingerprint density at radius 3 is 2.60 bits per heavy atom. The molecule has 2 aromatic heterocycles. The topological polar surface area (TPSA) is 135 Å². The van der Waals surface area contributed by atoms with Crippen molar-refractivity contribution in [3.8, 4) is 22.8 Å². The minimum absolute atomic E-state index is 0.113. The first-order chi connectivity index (χ1) is 21.7. The van der Waals surface area contributed by atoms with Crippen molar-refractivity contribution >= 4 is 39.8 Å². The lowest BCUT2D eigenvalue weighted by molar-refractivity contribution is -0.384. The highest BCUT2D eigenvalue weighted by Gasteiger charge is 2.36. The van der Waals surface area contributed by atoms with Gasteiger partial charge in [-0.25, -0.2) is 9.79 Å². The van der Waals surface area contributed by atoms with Crippen LogP contribution in [0.5, 0.6) is 11.5 Å². The first-order valence-electron chi connectivity index (χ1n) is 13.9. The maximum atomic E-state index is 14.2. The first-order valence-corrected chi connectivity index (χ1v) is 14.7. The third-order valence-corrected chi connectivity index (χ3v) is 8.49. The number of methoxy groups -OCH3 is 2. The van der Waals surface area contributed by atoms with Crippen LogP contribution >= 0.6 is 11.3 Å². The van der Waals surface area contributed by atoms with Crippen LogP contribution in [-0.4, -0.2) is 36.3 Å². The Morgan fingerprint density at radius 2 is 1.87 bits per heavy atom. The molecule has 0 aliphatic carbocycles. The predicted octanol–water partition coefficient (Wildman–Crippen LogP) is 5.14. The van der Waals surface area contributed by atoms with Crippen molar-refractivity contribution in [3.05, 3.63) is 119 Å². The largest absolute Gasteiger partial charge is 0.496 e. The number of ether oxygens (including phenoxy) is 3. The molecule has 0 amide bonds. The number of rotatable bonds is 8. The first kappa shape index (κ1) is 29.6. The van der Waals surface area contributed by atoms with Crippen LogP contribution in [0.4, 0.5) is 5.69 Å². The van der Waals surface area contributed by atoms with Gasteiger partial charge in [0.15, 0.2) is 4.80 Å². The van der Waals surface area contributed by atoms with E-state index in [4.69, 9.17) is 18.6 Å². The zero-order valence-corrected chi connectivity index (χ0v) is 25.5. The van der Waals surface area contributed by atoms with Crippen molar-refractivity contribution in [2.24, 2.45) is 4.99 Å². The second kappa shape index (κ2) is 11.9. The molecule has 45 heavy (non-hydrogen) atoms. The average Bonchev–Trinajstić information content (AvgIpc) is 3.63. The van der Waals surface area contributed by atoms with Crippen molar-refractivity contribution in [1.29, 1.82) is 0 Å². The Kier molecular flexibility index (Phi) is 7.81. The number of hydrogen-bond acceptors (Lipinski definition) is 10. The number of nitro benzene ring substituents is 1. The molecule has 0 fully saturated rings. The highest BCUT2D eigenvalue weighted by atomic mass is 32.1. The zero-order chi connectivity index (χ0) is 31.8. The summed E-state index contributed by atoms with van der Waals surface area (Å²) in [6.07, 6.45) is 1.60. The van der Waals surface area contributed by atoms with Crippen molar-refractivity contribution in [2.75, 3.05) is 20.8 Å². The quantitative estimate of drug-likeness (QED) is 0.131. The fourth-order valence-corrected chi connectivity index (χ4v) is 6.53. The van der Waals surface area contributed by atoms with E-state index in [1.165, 1.54) is 23.8 Å². The monoisotopic (exact) mass is 625 g/mol. The molecule has 12 heteroatoms. The third-order valence-electron chi connectivity index (χ3n) is 7.50. The van der Waals surface area contributed by atoms with Crippen LogP contribution in [0, 0.1) is 10.1 Å². The number of carbonyl (C=O) groups is 1. The minimum Gasteiger partial charge on any atom is -0.496 e. The summed E-state index contributed by atoms with van der Waals surface area (Å²) in [6, 6.07) is 18.2. The summed E-state index contributed by atoms with van der Waals surface area (Å²) in [6.45, 7) is 3.60. The smallest absolute Gasteiger partial charge is 0.338 e. The number of non-ortho nitro benzene ring substituents is 1. The number of furan rings is 1. The maximum Gasteiger partial charge on any atom is 0.338 e. The van der Waals surface area contributed by atoms with Gasteiger partial charge in [-0.1, -0.05) is 41.7 Å². The number of nitrogens with zero attached hydrogens (tertiary/aromatic N) is 3. The van der Waals surface area contributed by atoms with E-state index in [0.717, 1.165) is 22.1 Å². The van der Waals surface area contributed by atoms with E-state index in [1.807, 2.05) is 36.4 Å². The van der Waals surface area contributed by atoms with Gasteiger partial charge in [-0.2, -0.15) is 0 Å². The van der Waals surface area contributed by atoms with Gasteiger partial charge >= 0.3 is 5.97 Å². The molecule has 1 unspecified atom stereocenters. The van der Waals surface area contributed by atoms with E-state index in [0.29, 0.717) is 43.4 Å². The molecule has 11 nitrogen and oxygen atoms in total. The normalized spacial score (nSPS) is 14.7. The number of allylic oxidation sites excluding steroid dienone is 1. The summed E-state index contributed by atoms with van der Waals surface area (Å²) in [5.41, 5.74) is 1.35. The van der Waals surface area contributed by atoms with E-state index >= 15 is 0 Å². The van der Waals surface area contributed by atoms with Crippen LogP contribution in [0.25, 0.3) is 28.2 Å². The fourth-order valence-electron chi connectivity index (χ4n) is 5.50. The van der Waals surface area contributed by atoms with Gasteiger partial charge in [0.25, 0.3) is 11.2 Å². The number of aromatic nitrogens is 1. The second-order valence-electron chi connectivity index (χ2n) is 10.0. The van der Waals surface area contributed by atoms with Gasteiger partial charge in [0.1, 0.15) is 29.1 Å². The summed E-state index contributed by atoms with van der Waals surface area (Å²) in [4.78, 5) is 43.4. The zero-order valence-electron chi connectivity index (χ0n) is 24.7. The lowest BCUT2D eigenvalue weighted by atomic mass is 9.90. The number of hydrogen-bond donors (Lipinski definition) is 0. The molecule has 1 aliphatic rings. The summed E-state index contributed by atoms with van der Waals surface area (Å²) in [5, 5.41) is 12.9. The molecular formula is C33H27N3O8S. The van der Waals surface area contributed by atoms with Gasteiger partial charge in [-0.15, -0.1) is 0 Å². The molecule has 0 saturated heterocycles. The molecule has 6 rings (SSSR count). The van der Waals surface area contributed by atoms with Crippen LogP contribution in [0.2, 0.25) is 0 Å². The molecule has 3 heterocycles. The Labute approximate surface area is 260 Å². The summed E-state index contributed by atoms with van der Waals surface area (Å²) < 4.78 is 24.5. The number of nitro groups is 1. The van der Waals surface area contributed by atoms with Gasteiger partial charge in [0, 0.05) is 17.7 Å². The molecule has 0 N–H and O–H groups in total. The van der Waals surface area contributed by atoms with Crippen LogP contribution in [0.3, 0.4) is 0 Å². The standard InChI is InChI=1S/C33H27N3O8S/c1-5-43-32(38)28-18(2)34-33-35(30(28)29-22-9-7-6-8-19(22)10-14-25(29)41-3)31(37)27(45-33)17-21-12-15-24(44-21)23-13-11-20(36(39)40)16-26(23)42-4/h6-17,30H,5H2,1-4H3/b27-17-. The van der Waals surface area contributed by atoms with Gasteiger partial charge in [-0.3, -0.25) is 19.5 Å². The maximum absolute atomic E-state index is 14.2. The van der Waals surface area contributed by atoms with Gasteiger partial charge in [0.2, 0.25) is 0 Å². The minimum atomic E-state index is -0.875. The molecule has 1 atom stereocenters. The number of carbonyl (C=O) groups excluding carboxylic acids is 1. The number of thiazole rings is 1. The highest BCUT2D eigenvalue weighted by Crippen LogP contribution is 2.40. The molecule has 1 aliphatic heterocycles. The number of benzene rings is 3. The number of esters is 1. The van der Waals surface area contributed by atoms with E-state index in [9.17, 15) is 19.7 Å². The molecule has 0 saturated carbocycles. The van der Waals surface area contributed by atoms with E-state index in [1.54, 1.807) is 45.2 Å². The van der Waals surface area contributed by atoms with Crippen molar-refractivity contribution < 1.29 is 28.3 Å². The van der Waals surface area contributed by atoms with Crippen molar-refractivity contribution in [3.63, 3.8) is 0 Å². The third kappa shape index (κ3) is 5.18. The van der Waals surface area contributed by atoms with Crippen molar-refractivity contribution in [2.45, 2.75) is 19.9 Å². The fraction of sp³-hybridized carbons (Fsp3) is 0.182. The summed E-state index contributed by atoms with van der Waals surface area (Å²) in [7, 11) is 2.97. The van der Waals surface area contributed by atoms with Gasteiger partial charge in [-0.05, 0) is 48.9 Å². The van der Waals surface area contributed by atoms with Crippen LogP contribution in [0.1, 0.15) is 31.2 Å². The van der Waals surface area contributed by atoms with Gasteiger partial charge < -0.3 is 18.6 Å². The highest BCUT2D eigenvalue weighted by molar-refractivity contribution is 7.07. The lowest BCUT2D eigenvalue weighted by Gasteiger charge is -2.27. The second-order valence-corrected chi connectivity index (χ2v) is 11.1. The summed E-state index contributed by atoms with van der Waals surface area (Å²) in [5.74, 6) is 0.990. The Balaban J connectivity index is 1.53. The summed E-state index contributed by atoms with van der Waals surface area (Å²) >= 11 is 1.16. The van der Waals surface area contributed by atoms with Gasteiger partial charge in [0.05, 0.1) is 53.2 Å². The van der Waals surface area contributed by atoms with Crippen LogP contribution < -0.4 is 24.4 Å². The van der Waals surface area contributed by atoms with Crippen LogP contribution in [0.15, 0.2) is 92.2 Å². The average molecular weight is 626 g/mol. The Hall–Kier alpha value is -5.49. The Bertz CT molecular complexity index is 2210. The predicted molar refractivity (Wildman–Crippen MR) is 168 cm³/mol. The molecule has 5 aromatic rings. The SMILES string of the molecule is CCOC(=O)C1=C(C)N=c2s/c(=C\c3ccc(-c4ccc([N+](=O)[O-])cc4OC)o3)c(=O)n2C1c1c(OC)ccc2ccccc12. The molecule has 0 bridgehead atoms. The van der Waals surface area contributed by atoms with Crippen LogP contribution in [-0.2, 0) is 9.53 Å². The molecule has 3 aromatic carbocycles. The van der Waals surface area contributed by atoms with E-state index in [2.05, 4.69) is 4.99 Å². The number of fused-ring (bicyclic) bond motifs is 2.